The van der Waals surface area contributed by atoms with E-state index in [0.29, 0.717) is 0 Å². The van der Waals surface area contributed by atoms with E-state index in [0.717, 1.165) is 6.92 Å². The second-order valence-corrected chi connectivity index (χ2v) is 1.54. The lowest BCUT2D eigenvalue weighted by molar-refractivity contribution is -0.163. The molecule has 0 saturated heterocycles. The van der Waals surface area contributed by atoms with E-state index in [2.05, 4.69) is 4.74 Å². The van der Waals surface area contributed by atoms with E-state index in [1.165, 1.54) is 0 Å². The Bertz CT molecular complexity index is 144. The minimum atomic E-state index is -1.89. The summed E-state index contributed by atoms with van der Waals surface area (Å²) in [5.74, 6) is -2.72. The maximum Gasteiger partial charge on any atom is 0.348 e. The molecule has 0 heterocycles. The summed E-state index contributed by atoms with van der Waals surface area (Å²) in [4.78, 5) is 20.1. The van der Waals surface area contributed by atoms with Gasteiger partial charge >= 0.3 is 11.9 Å². The third-order valence-corrected chi connectivity index (χ3v) is 0.648. The predicted molar refractivity (Wildman–Crippen MR) is 27.6 cm³/mol. The van der Waals surface area contributed by atoms with Gasteiger partial charge in [0.1, 0.15) is 0 Å². The van der Waals surface area contributed by atoms with Crippen molar-refractivity contribution in [1.82, 2.24) is 0 Å². The number of hydrogen-bond acceptors (Lipinski definition) is 3. The Hall–Kier alpha value is -1.00. The Balaban J connectivity index is 3.69. The average Bonchev–Trinajstić information content (AvgIpc) is 1.87. The van der Waals surface area contributed by atoms with Crippen molar-refractivity contribution >= 4 is 11.9 Å². The Labute approximate surface area is 56.0 Å². The van der Waals surface area contributed by atoms with Crippen LogP contribution in [-0.2, 0) is 14.3 Å². The number of rotatable bonds is 2. The van der Waals surface area contributed by atoms with Gasteiger partial charge in [0, 0.05) is 0 Å². The maximum atomic E-state index is 11.8. The van der Waals surface area contributed by atoms with Gasteiger partial charge in [0.2, 0.25) is 0 Å². The van der Waals surface area contributed by atoms with Crippen LogP contribution in [-0.4, -0.2) is 24.8 Å². The normalized spacial score (nSPS) is 12.3. The zero-order valence-corrected chi connectivity index (χ0v) is 5.27. The number of alkyl halides is 2. The van der Waals surface area contributed by atoms with Crippen molar-refractivity contribution in [1.29, 1.82) is 0 Å². The summed E-state index contributed by atoms with van der Waals surface area (Å²) in [6.45, 7) is -0.522. The number of carbonyl (C=O) groups is 2. The van der Waals surface area contributed by atoms with E-state index in [9.17, 15) is 18.4 Å². The first-order valence-electron chi connectivity index (χ1n) is 2.52. The van der Waals surface area contributed by atoms with Crippen molar-refractivity contribution in [3.8, 4) is 0 Å². The van der Waals surface area contributed by atoms with Crippen molar-refractivity contribution in [2.24, 2.45) is 0 Å². The van der Waals surface area contributed by atoms with Gasteiger partial charge in [0.05, 0.1) is 0 Å². The number of esters is 2. The van der Waals surface area contributed by atoms with Gasteiger partial charge in [-0.2, -0.15) is 0 Å². The number of carbonyl (C=O) groups excluding carboxylic acids is 2. The average molecular weight is 152 g/mol. The standard InChI is InChI=1S/C5H6F2O3/c1-3(7)5(9)10-4(8)2-6/h3H,2H2,1H3. The molecule has 0 aliphatic heterocycles. The molecule has 0 N–H and O–H groups in total. The maximum absolute atomic E-state index is 11.8. The molecule has 10 heavy (non-hydrogen) atoms. The van der Waals surface area contributed by atoms with Gasteiger partial charge in [-0.1, -0.05) is 0 Å². The highest BCUT2D eigenvalue weighted by Gasteiger charge is 2.16. The van der Waals surface area contributed by atoms with E-state index in [1.54, 1.807) is 0 Å². The van der Waals surface area contributed by atoms with Crippen molar-refractivity contribution in [3.63, 3.8) is 0 Å². The van der Waals surface area contributed by atoms with E-state index in [1.807, 2.05) is 0 Å². The van der Waals surface area contributed by atoms with Crippen LogP contribution in [0.2, 0.25) is 0 Å². The fraction of sp³-hybridized carbons (Fsp3) is 0.600. The molecule has 1 unspecified atom stereocenters. The van der Waals surface area contributed by atoms with Crippen LogP contribution >= 0.6 is 0 Å². The minimum Gasteiger partial charge on any atom is -0.389 e. The zero-order valence-electron chi connectivity index (χ0n) is 5.27. The Morgan fingerprint density at radius 1 is 1.60 bits per heavy atom. The van der Waals surface area contributed by atoms with E-state index >= 15 is 0 Å². The molecule has 0 rings (SSSR count). The molecule has 0 bridgehead atoms. The summed E-state index contributed by atoms with van der Waals surface area (Å²) in [6, 6.07) is 0. The van der Waals surface area contributed by atoms with Crippen LogP contribution in [0.4, 0.5) is 8.78 Å². The van der Waals surface area contributed by atoms with Crippen molar-refractivity contribution < 1.29 is 23.1 Å². The molecule has 5 heteroatoms. The topological polar surface area (TPSA) is 43.4 Å². The van der Waals surface area contributed by atoms with E-state index in [-0.39, 0.29) is 0 Å². The number of ether oxygens (including phenoxy) is 1. The predicted octanol–water partition coefficient (Wildman–Crippen LogP) is 0.384. The van der Waals surface area contributed by atoms with Crippen LogP contribution in [0, 0.1) is 0 Å². The second kappa shape index (κ2) is 3.92. The Morgan fingerprint density at radius 3 is 2.40 bits per heavy atom. The van der Waals surface area contributed by atoms with E-state index in [4.69, 9.17) is 0 Å². The van der Waals surface area contributed by atoms with Crippen molar-refractivity contribution in [2.75, 3.05) is 6.67 Å². The lowest BCUT2D eigenvalue weighted by atomic mass is 10.4. The summed E-state index contributed by atoms with van der Waals surface area (Å²) in [6.07, 6.45) is -1.89. The first-order valence-corrected chi connectivity index (χ1v) is 2.52. The Kier molecular flexibility index (Phi) is 3.53. The molecule has 0 radical (unpaired) electrons. The summed E-state index contributed by atoms with van der Waals surface area (Å²) >= 11 is 0. The van der Waals surface area contributed by atoms with Crippen LogP contribution in [0.5, 0.6) is 0 Å². The van der Waals surface area contributed by atoms with Crippen LogP contribution < -0.4 is 0 Å². The molecule has 0 aromatic carbocycles. The highest BCUT2D eigenvalue weighted by Crippen LogP contribution is 1.92. The second-order valence-electron chi connectivity index (χ2n) is 1.54. The monoisotopic (exact) mass is 152 g/mol. The first-order chi connectivity index (χ1) is 4.57. The summed E-state index contributed by atoms with van der Waals surface area (Å²) in [5, 5.41) is 0. The van der Waals surface area contributed by atoms with Crippen LogP contribution in [0.25, 0.3) is 0 Å². The van der Waals surface area contributed by atoms with E-state index < -0.39 is 24.8 Å². The molecule has 3 nitrogen and oxygen atoms in total. The molecule has 0 aliphatic carbocycles. The van der Waals surface area contributed by atoms with Crippen LogP contribution in [0.3, 0.4) is 0 Å². The largest absolute Gasteiger partial charge is 0.389 e. The number of halogens is 2. The highest BCUT2D eigenvalue weighted by atomic mass is 19.1. The van der Waals surface area contributed by atoms with Gasteiger partial charge in [0.25, 0.3) is 0 Å². The lowest BCUT2D eigenvalue weighted by Gasteiger charge is -1.98. The van der Waals surface area contributed by atoms with Gasteiger partial charge in [-0.3, -0.25) is 0 Å². The third kappa shape index (κ3) is 3.11. The van der Waals surface area contributed by atoms with Gasteiger partial charge < -0.3 is 4.74 Å². The zero-order chi connectivity index (χ0) is 8.15. The molecule has 0 spiro atoms. The molecule has 0 aromatic rings. The highest BCUT2D eigenvalue weighted by molar-refractivity contribution is 5.88. The molecule has 1 atom stereocenters. The minimum absolute atomic E-state index is 0.897. The molecular formula is C5H6F2O3. The molecule has 58 valence electrons. The molecule has 0 saturated carbocycles. The number of hydrogen-bond donors (Lipinski definition) is 0. The van der Waals surface area contributed by atoms with Crippen molar-refractivity contribution in [2.45, 2.75) is 13.1 Å². The summed E-state index contributed by atoms with van der Waals surface area (Å²) in [5.41, 5.74) is 0. The van der Waals surface area contributed by atoms with Crippen LogP contribution in [0.1, 0.15) is 6.92 Å². The van der Waals surface area contributed by atoms with Crippen molar-refractivity contribution in [3.05, 3.63) is 0 Å². The van der Waals surface area contributed by atoms with Gasteiger partial charge in [0.15, 0.2) is 12.8 Å². The van der Waals surface area contributed by atoms with Gasteiger partial charge in [-0.05, 0) is 6.92 Å². The molecule has 0 fully saturated rings. The SMILES string of the molecule is CC(F)C(=O)OC(=O)CF. The summed E-state index contributed by atoms with van der Waals surface area (Å²) < 4.78 is 26.7. The lowest BCUT2D eigenvalue weighted by Crippen LogP contribution is -2.20. The molecule has 0 aliphatic rings. The third-order valence-electron chi connectivity index (χ3n) is 0.648. The molecule has 0 aromatic heterocycles. The smallest absolute Gasteiger partial charge is 0.348 e. The van der Waals surface area contributed by atoms with Gasteiger partial charge in [-0.25, -0.2) is 18.4 Å². The Morgan fingerprint density at radius 2 is 2.10 bits per heavy atom. The van der Waals surface area contributed by atoms with Gasteiger partial charge in [-0.15, -0.1) is 0 Å². The molecule has 0 amide bonds. The fourth-order valence-electron chi connectivity index (χ4n) is 0.221. The summed E-state index contributed by atoms with van der Waals surface area (Å²) in [7, 11) is 0. The van der Waals surface area contributed by atoms with Crippen LogP contribution in [0.15, 0.2) is 0 Å². The fourth-order valence-corrected chi connectivity index (χ4v) is 0.221. The molecular weight excluding hydrogens is 146 g/mol. The first kappa shape index (κ1) is 9.00. The quantitative estimate of drug-likeness (QED) is 0.424.